The van der Waals surface area contributed by atoms with Crippen LogP contribution in [0.5, 0.6) is 0 Å². The summed E-state index contributed by atoms with van der Waals surface area (Å²) < 4.78 is 13.3. The summed E-state index contributed by atoms with van der Waals surface area (Å²) in [6.45, 7) is 1.93. The van der Waals surface area contributed by atoms with Crippen LogP contribution < -0.4 is 5.73 Å². The summed E-state index contributed by atoms with van der Waals surface area (Å²) in [5.41, 5.74) is 8.17. The summed E-state index contributed by atoms with van der Waals surface area (Å²) >= 11 is 6.00. The number of hydrogen-bond donors (Lipinski definition) is 1. The first-order valence-corrected chi connectivity index (χ1v) is 6.42. The van der Waals surface area contributed by atoms with E-state index in [-0.39, 0.29) is 5.82 Å². The van der Waals surface area contributed by atoms with Crippen molar-refractivity contribution in [3.63, 3.8) is 0 Å². The van der Waals surface area contributed by atoms with E-state index in [1.54, 1.807) is 18.2 Å². The first-order valence-electron chi connectivity index (χ1n) is 6.04. The number of fused-ring (bicyclic) bond motifs is 1. The highest BCUT2D eigenvalue weighted by atomic mass is 35.5. The lowest BCUT2D eigenvalue weighted by Crippen LogP contribution is -1.99. The second-order valence-electron chi connectivity index (χ2n) is 4.55. The number of aromatic nitrogens is 2. The van der Waals surface area contributed by atoms with Crippen molar-refractivity contribution >= 4 is 28.3 Å². The van der Waals surface area contributed by atoms with Gasteiger partial charge in [0.1, 0.15) is 11.6 Å². The number of aryl methyl sites for hydroxylation is 1. The van der Waals surface area contributed by atoms with Crippen LogP contribution in [0.2, 0.25) is 5.02 Å². The molecule has 0 spiro atoms. The Kier molecular flexibility index (Phi) is 3.03. The Bertz CT molecular complexity index is 818. The van der Waals surface area contributed by atoms with Gasteiger partial charge in [0.05, 0.1) is 5.52 Å². The van der Waals surface area contributed by atoms with Crippen molar-refractivity contribution in [2.24, 2.45) is 0 Å². The number of halogens is 2. The minimum atomic E-state index is -0.357. The van der Waals surface area contributed by atoms with Gasteiger partial charge in [0.25, 0.3) is 0 Å². The summed E-state index contributed by atoms with van der Waals surface area (Å²) in [4.78, 5) is 8.67. The van der Waals surface area contributed by atoms with Gasteiger partial charge in [0, 0.05) is 22.0 Å². The molecule has 3 rings (SSSR count). The second-order valence-corrected chi connectivity index (χ2v) is 4.99. The molecular weight excluding hydrogens is 277 g/mol. The fourth-order valence-electron chi connectivity index (χ4n) is 2.08. The molecule has 0 aliphatic heterocycles. The van der Waals surface area contributed by atoms with E-state index in [2.05, 4.69) is 9.97 Å². The van der Waals surface area contributed by atoms with E-state index in [0.717, 1.165) is 11.1 Å². The third-order valence-electron chi connectivity index (χ3n) is 3.13. The molecule has 5 heteroatoms. The second kappa shape index (κ2) is 4.72. The molecule has 1 aromatic heterocycles. The van der Waals surface area contributed by atoms with Crippen molar-refractivity contribution in [2.45, 2.75) is 6.92 Å². The summed E-state index contributed by atoms with van der Waals surface area (Å²) in [5, 5.41) is 1.22. The normalized spacial score (nSPS) is 10.9. The molecule has 0 radical (unpaired) electrons. The molecule has 0 atom stereocenters. The molecule has 100 valence electrons. The van der Waals surface area contributed by atoms with Crippen LogP contribution in [0.15, 0.2) is 36.4 Å². The van der Waals surface area contributed by atoms with Gasteiger partial charge in [-0.2, -0.15) is 0 Å². The van der Waals surface area contributed by atoms with Crippen LogP contribution in [0, 0.1) is 12.7 Å². The Morgan fingerprint density at radius 3 is 2.70 bits per heavy atom. The third kappa shape index (κ3) is 2.18. The zero-order valence-electron chi connectivity index (χ0n) is 10.7. The molecule has 0 bridgehead atoms. The fraction of sp³-hybridized carbons (Fsp3) is 0.0667. The van der Waals surface area contributed by atoms with Crippen molar-refractivity contribution < 1.29 is 4.39 Å². The monoisotopic (exact) mass is 287 g/mol. The minimum absolute atomic E-state index is 0.323. The Morgan fingerprint density at radius 1 is 1.10 bits per heavy atom. The van der Waals surface area contributed by atoms with Crippen LogP contribution in [0.25, 0.3) is 22.3 Å². The van der Waals surface area contributed by atoms with Gasteiger partial charge in [0.2, 0.25) is 0 Å². The van der Waals surface area contributed by atoms with Gasteiger partial charge in [-0.3, -0.25) is 0 Å². The molecule has 3 nitrogen and oxygen atoms in total. The zero-order chi connectivity index (χ0) is 14.3. The number of anilines is 1. The Hall–Kier alpha value is -2.20. The van der Waals surface area contributed by atoms with Crippen molar-refractivity contribution in [3.8, 4) is 11.4 Å². The van der Waals surface area contributed by atoms with Crippen molar-refractivity contribution in [1.82, 2.24) is 9.97 Å². The van der Waals surface area contributed by atoms with Crippen LogP contribution in [-0.2, 0) is 0 Å². The number of hydrogen-bond acceptors (Lipinski definition) is 3. The summed E-state index contributed by atoms with van der Waals surface area (Å²) in [5.74, 6) is 0.411. The first kappa shape index (κ1) is 12.8. The van der Waals surface area contributed by atoms with Crippen LogP contribution in [0.3, 0.4) is 0 Å². The van der Waals surface area contributed by atoms with E-state index in [1.807, 2.05) is 13.0 Å². The zero-order valence-corrected chi connectivity index (χ0v) is 11.4. The number of nitrogen functional groups attached to an aromatic ring is 1. The molecule has 0 amide bonds. The number of nitrogens with two attached hydrogens (primary N) is 1. The molecule has 0 aliphatic carbocycles. The van der Waals surface area contributed by atoms with Crippen LogP contribution in [0.4, 0.5) is 10.2 Å². The van der Waals surface area contributed by atoms with E-state index < -0.39 is 0 Å². The standard InChI is InChI=1S/C15H11ClFN3/c1-8-2-3-9(16)6-12(8)15-19-13-7-10(17)4-5-11(13)14(18)20-15/h2-7H,1H3,(H2,18,19,20). The van der Waals surface area contributed by atoms with Crippen molar-refractivity contribution in [1.29, 1.82) is 0 Å². The molecule has 1 heterocycles. The molecule has 0 saturated heterocycles. The van der Waals surface area contributed by atoms with Crippen LogP contribution >= 0.6 is 11.6 Å². The maximum atomic E-state index is 13.3. The highest BCUT2D eigenvalue weighted by Gasteiger charge is 2.10. The summed E-state index contributed by atoms with van der Waals surface area (Å²) in [6, 6.07) is 9.71. The van der Waals surface area contributed by atoms with E-state index in [9.17, 15) is 4.39 Å². The Balaban J connectivity index is 2.29. The van der Waals surface area contributed by atoms with Gasteiger partial charge in [0.15, 0.2) is 5.82 Å². The van der Waals surface area contributed by atoms with Crippen LogP contribution in [-0.4, -0.2) is 9.97 Å². The van der Waals surface area contributed by atoms with E-state index in [4.69, 9.17) is 17.3 Å². The fourth-order valence-corrected chi connectivity index (χ4v) is 2.25. The molecule has 0 saturated carbocycles. The molecule has 2 aromatic carbocycles. The number of rotatable bonds is 1. The quantitative estimate of drug-likeness (QED) is 0.736. The van der Waals surface area contributed by atoms with Crippen molar-refractivity contribution in [3.05, 3.63) is 52.8 Å². The van der Waals surface area contributed by atoms with Gasteiger partial charge in [-0.1, -0.05) is 17.7 Å². The van der Waals surface area contributed by atoms with Gasteiger partial charge < -0.3 is 5.73 Å². The predicted molar refractivity (Wildman–Crippen MR) is 79.1 cm³/mol. The molecule has 20 heavy (non-hydrogen) atoms. The largest absolute Gasteiger partial charge is 0.383 e. The average molecular weight is 288 g/mol. The lowest BCUT2D eigenvalue weighted by atomic mass is 10.1. The molecule has 0 fully saturated rings. The van der Waals surface area contributed by atoms with E-state index >= 15 is 0 Å². The third-order valence-corrected chi connectivity index (χ3v) is 3.36. The SMILES string of the molecule is Cc1ccc(Cl)cc1-c1nc(N)c2ccc(F)cc2n1. The first-order chi connectivity index (χ1) is 9.54. The highest BCUT2D eigenvalue weighted by molar-refractivity contribution is 6.30. The molecule has 0 aliphatic rings. The van der Waals surface area contributed by atoms with Gasteiger partial charge in [-0.25, -0.2) is 14.4 Å². The Labute approximate surface area is 120 Å². The average Bonchev–Trinajstić information content (AvgIpc) is 2.41. The maximum absolute atomic E-state index is 13.3. The maximum Gasteiger partial charge on any atom is 0.162 e. The molecule has 0 unspecified atom stereocenters. The van der Waals surface area contributed by atoms with Gasteiger partial charge >= 0.3 is 0 Å². The molecular formula is C15H11ClFN3. The lowest BCUT2D eigenvalue weighted by molar-refractivity contribution is 0.629. The minimum Gasteiger partial charge on any atom is -0.383 e. The lowest BCUT2D eigenvalue weighted by Gasteiger charge is -2.08. The van der Waals surface area contributed by atoms with Gasteiger partial charge in [-0.15, -0.1) is 0 Å². The Morgan fingerprint density at radius 2 is 1.90 bits per heavy atom. The summed E-state index contributed by atoms with van der Waals surface area (Å²) in [6.07, 6.45) is 0. The van der Waals surface area contributed by atoms with Crippen LogP contribution in [0.1, 0.15) is 5.56 Å². The smallest absolute Gasteiger partial charge is 0.162 e. The summed E-state index contributed by atoms with van der Waals surface area (Å²) in [7, 11) is 0. The molecule has 2 N–H and O–H groups in total. The van der Waals surface area contributed by atoms with Gasteiger partial charge in [-0.05, 0) is 36.8 Å². The topological polar surface area (TPSA) is 51.8 Å². The van der Waals surface area contributed by atoms with Crippen molar-refractivity contribution in [2.75, 3.05) is 5.73 Å². The number of benzene rings is 2. The predicted octanol–water partition coefficient (Wildman–Crippen LogP) is 3.98. The van der Waals surface area contributed by atoms with E-state index in [1.165, 1.54) is 12.1 Å². The highest BCUT2D eigenvalue weighted by Crippen LogP contribution is 2.27. The molecule has 3 aromatic rings. The number of nitrogens with zero attached hydrogens (tertiary/aromatic N) is 2. The van der Waals surface area contributed by atoms with E-state index in [0.29, 0.717) is 27.6 Å².